The van der Waals surface area contributed by atoms with Crippen LogP contribution in [0.2, 0.25) is 0 Å². The first kappa shape index (κ1) is 27.4. The molecule has 1 aromatic rings. The Morgan fingerprint density at radius 2 is 1.95 bits per heavy atom. The van der Waals surface area contributed by atoms with Crippen molar-refractivity contribution >= 4 is 23.9 Å². The van der Waals surface area contributed by atoms with E-state index in [1.807, 2.05) is 55.6 Å². The highest BCUT2D eigenvalue weighted by atomic mass is 15.3. The summed E-state index contributed by atoms with van der Waals surface area (Å²) in [6, 6.07) is 4.11. The fraction of sp³-hybridized carbons (Fsp3) is 0.233. The van der Waals surface area contributed by atoms with Crippen LogP contribution in [0.4, 0.5) is 11.5 Å². The van der Waals surface area contributed by atoms with Crippen LogP contribution in [0.5, 0.6) is 0 Å². The maximum absolute atomic E-state index is 4.88. The first-order valence-corrected chi connectivity index (χ1v) is 12.3. The maximum Gasteiger partial charge on any atom is 0.128 e. The number of nitrogens with zero attached hydrogens (tertiary/aromatic N) is 5. The van der Waals surface area contributed by atoms with Crippen molar-refractivity contribution in [3.05, 3.63) is 115 Å². The van der Waals surface area contributed by atoms with Gasteiger partial charge < -0.3 is 20.4 Å². The van der Waals surface area contributed by atoms with Crippen molar-refractivity contribution in [1.29, 1.82) is 0 Å². The number of anilines is 2. The van der Waals surface area contributed by atoms with Gasteiger partial charge in [0.25, 0.3) is 0 Å². The van der Waals surface area contributed by atoms with E-state index in [0.29, 0.717) is 12.4 Å². The SMILES string of the molecule is C=CC(=C)NC(=C/C)/C=C(\C=C)C1=CC=CC(=C/N=C)/C1=N\CNc1ccc(N2CCN(C)CC2)nc1. The second-order valence-corrected chi connectivity index (χ2v) is 8.65. The van der Waals surface area contributed by atoms with Gasteiger partial charge in [0.2, 0.25) is 0 Å². The molecule has 1 aromatic heterocycles. The van der Waals surface area contributed by atoms with Crippen LogP contribution in [0.1, 0.15) is 6.92 Å². The number of nitrogens with one attached hydrogen (secondary N) is 2. The average Bonchev–Trinajstić information content (AvgIpc) is 2.92. The number of aliphatic imine (C=N–C) groups is 2. The van der Waals surface area contributed by atoms with Crippen molar-refractivity contribution in [3.63, 3.8) is 0 Å². The molecule has 1 aliphatic carbocycles. The van der Waals surface area contributed by atoms with Gasteiger partial charge in [0.15, 0.2) is 0 Å². The number of hydrogen-bond acceptors (Lipinski definition) is 7. The summed E-state index contributed by atoms with van der Waals surface area (Å²) in [6.45, 7) is 21.8. The van der Waals surface area contributed by atoms with Crippen molar-refractivity contribution < 1.29 is 0 Å². The lowest BCUT2D eigenvalue weighted by Gasteiger charge is -2.33. The number of allylic oxidation sites excluding steroid dienone is 10. The van der Waals surface area contributed by atoms with E-state index in [1.165, 1.54) is 0 Å². The third kappa shape index (κ3) is 7.62. The predicted molar refractivity (Wildman–Crippen MR) is 159 cm³/mol. The monoisotopic (exact) mass is 495 g/mol. The van der Waals surface area contributed by atoms with Crippen LogP contribution in [0.3, 0.4) is 0 Å². The number of pyridine rings is 1. The summed E-state index contributed by atoms with van der Waals surface area (Å²) in [5, 5.41) is 6.60. The van der Waals surface area contributed by atoms with Crippen LogP contribution in [-0.4, -0.2) is 62.2 Å². The molecule has 0 bridgehead atoms. The number of rotatable bonds is 11. The Morgan fingerprint density at radius 3 is 2.57 bits per heavy atom. The van der Waals surface area contributed by atoms with E-state index in [-0.39, 0.29) is 0 Å². The third-order valence-electron chi connectivity index (χ3n) is 6.10. The van der Waals surface area contributed by atoms with E-state index in [9.17, 15) is 0 Å². The predicted octanol–water partition coefficient (Wildman–Crippen LogP) is 5.03. The lowest BCUT2D eigenvalue weighted by Crippen LogP contribution is -2.44. The molecule has 0 spiro atoms. The molecule has 1 aliphatic heterocycles. The summed E-state index contributed by atoms with van der Waals surface area (Å²) >= 11 is 0. The lowest BCUT2D eigenvalue weighted by molar-refractivity contribution is 0.312. The normalized spacial score (nSPS) is 19.0. The van der Waals surface area contributed by atoms with Gasteiger partial charge in [-0.3, -0.25) is 9.98 Å². The highest BCUT2D eigenvalue weighted by molar-refractivity contribution is 6.18. The second-order valence-electron chi connectivity index (χ2n) is 8.65. The van der Waals surface area contributed by atoms with Crippen molar-refractivity contribution in [2.75, 3.05) is 50.1 Å². The zero-order valence-corrected chi connectivity index (χ0v) is 22.0. The summed E-state index contributed by atoms with van der Waals surface area (Å²) in [5.41, 5.74) is 6.02. The molecule has 0 aromatic carbocycles. The molecule has 0 unspecified atom stereocenters. The highest BCUT2D eigenvalue weighted by Gasteiger charge is 2.17. The standard InChI is InChI=1S/C30H37N7/c1-7-23(4)35-26(9-3)19-24(8-2)28-12-10-11-25(20-31-5)30(28)34-22-33-27-13-14-29(32-21-27)37-17-15-36(6)16-18-37/h7-14,19-21,33,35H,1-2,4-5,15-18,22H2,3,6H3/b24-19+,25-20-,26-9+,34-30+. The van der Waals surface area contributed by atoms with E-state index in [1.54, 1.807) is 12.3 Å². The molecule has 2 N–H and O–H groups in total. The molecule has 7 nitrogen and oxygen atoms in total. The Bertz CT molecular complexity index is 1180. The minimum absolute atomic E-state index is 0.372. The molecule has 0 amide bonds. The molecule has 192 valence electrons. The zero-order valence-electron chi connectivity index (χ0n) is 22.0. The van der Waals surface area contributed by atoms with Crippen LogP contribution in [-0.2, 0) is 0 Å². The Balaban J connectivity index is 1.78. The maximum atomic E-state index is 4.88. The molecular formula is C30H37N7. The van der Waals surface area contributed by atoms with E-state index in [4.69, 9.17) is 4.99 Å². The first-order valence-electron chi connectivity index (χ1n) is 12.3. The summed E-state index contributed by atoms with van der Waals surface area (Å²) in [6.07, 6.45) is 17.0. The molecule has 0 radical (unpaired) electrons. The minimum atomic E-state index is 0.372. The van der Waals surface area contributed by atoms with E-state index < -0.39 is 0 Å². The van der Waals surface area contributed by atoms with Crippen molar-refractivity contribution in [1.82, 2.24) is 15.2 Å². The van der Waals surface area contributed by atoms with E-state index in [2.05, 4.69) is 70.0 Å². The Kier molecular flexibility index (Phi) is 10.2. The van der Waals surface area contributed by atoms with Gasteiger partial charge in [0.1, 0.15) is 12.5 Å². The molecule has 0 saturated carbocycles. The van der Waals surface area contributed by atoms with E-state index >= 15 is 0 Å². The molecule has 2 heterocycles. The van der Waals surface area contributed by atoms with Gasteiger partial charge in [-0.25, -0.2) is 4.98 Å². The van der Waals surface area contributed by atoms with Gasteiger partial charge in [0, 0.05) is 54.9 Å². The number of piperazine rings is 1. The van der Waals surface area contributed by atoms with E-state index in [0.717, 1.165) is 65.8 Å². The van der Waals surface area contributed by atoms with Gasteiger partial charge >= 0.3 is 0 Å². The Hall–Kier alpha value is -4.23. The number of aromatic nitrogens is 1. The largest absolute Gasteiger partial charge is 0.365 e. The molecule has 0 atom stereocenters. The molecule has 3 rings (SSSR count). The van der Waals surface area contributed by atoms with Crippen molar-refractivity contribution in [2.45, 2.75) is 6.92 Å². The molecule has 2 aliphatic rings. The number of hydrogen-bond donors (Lipinski definition) is 2. The summed E-state index contributed by atoms with van der Waals surface area (Å²) in [7, 11) is 2.15. The van der Waals surface area contributed by atoms with Gasteiger partial charge in [-0.2, -0.15) is 0 Å². The fourth-order valence-electron chi connectivity index (χ4n) is 3.94. The minimum Gasteiger partial charge on any atom is -0.365 e. The Morgan fingerprint density at radius 1 is 1.16 bits per heavy atom. The summed E-state index contributed by atoms with van der Waals surface area (Å²) in [5.74, 6) is 1.00. The number of likely N-dealkylation sites (N-methyl/N-ethyl adjacent to an activating group) is 1. The zero-order chi connectivity index (χ0) is 26.6. The van der Waals surface area contributed by atoms with Crippen LogP contribution < -0.4 is 15.5 Å². The van der Waals surface area contributed by atoms with Crippen LogP contribution in [0.25, 0.3) is 0 Å². The first-order chi connectivity index (χ1) is 18.0. The van der Waals surface area contributed by atoms with Crippen LogP contribution in [0, 0.1) is 0 Å². The molecule has 37 heavy (non-hydrogen) atoms. The highest BCUT2D eigenvalue weighted by Crippen LogP contribution is 2.25. The summed E-state index contributed by atoms with van der Waals surface area (Å²) < 4.78 is 0. The van der Waals surface area contributed by atoms with Crippen molar-refractivity contribution in [2.24, 2.45) is 9.98 Å². The van der Waals surface area contributed by atoms with Gasteiger partial charge in [-0.15, -0.1) is 0 Å². The fourth-order valence-corrected chi connectivity index (χ4v) is 3.94. The third-order valence-corrected chi connectivity index (χ3v) is 6.10. The summed E-state index contributed by atoms with van der Waals surface area (Å²) in [4.78, 5) is 18.2. The molecule has 1 saturated heterocycles. The van der Waals surface area contributed by atoms with Crippen LogP contribution in [0.15, 0.2) is 125 Å². The molecular weight excluding hydrogens is 458 g/mol. The Labute approximate surface area is 221 Å². The lowest BCUT2D eigenvalue weighted by atomic mass is 9.91. The molecule has 7 heteroatoms. The molecule has 1 fully saturated rings. The van der Waals surface area contributed by atoms with Crippen LogP contribution >= 0.6 is 0 Å². The van der Waals surface area contributed by atoms with Gasteiger partial charge in [0.05, 0.1) is 17.6 Å². The second kappa shape index (κ2) is 13.8. The van der Waals surface area contributed by atoms with Gasteiger partial charge in [-0.1, -0.05) is 50.1 Å². The van der Waals surface area contributed by atoms with Gasteiger partial charge in [-0.05, 0) is 50.5 Å². The average molecular weight is 496 g/mol. The smallest absolute Gasteiger partial charge is 0.128 e. The van der Waals surface area contributed by atoms with Crippen molar-refractivity contribution in [3.8, 4) is 0 Å². The topological polar surface area (TPSA) is 68.2 Å². The quantitative estimate of drug-likeness (QED) is 0.333.